The van der Waals surface area contributed by atoms with E-state index in [1.807, 2.05) is 89.5 Å². The minimum Gasteiger partial charge on any atom is -0.497 e. The summed E-state index contributed by atoms with van der Waals surface area (Å²) in [6.45, 7) is 3.37. The number of rotatable bonds is 18. The van der Waals surface area contributed by atoms with Gasteiger partial charge in [-0.3, -0.25) is 9.36 Å². The highest BCUT2D eigenvalue weighted by molar-refractivity contribution is 7.45. The van der Waals surface area contributed by atoms with E-state index in [2.05, 4.69) is 94.3 Å². The van der Waals surface area contributed by atoms with Gasteiger partial charge >= 0.3 is 0 Å². The van der Waals surface area contributed by atoms with Gasteiger partial charge in [-0.2, -0.15) is 0 Å². The van der Waals surface area contributed by atoms with Gasteiger partial charge < -0.3 is 38.0 Å². The van der Waals surface area contributed by atoms with Crippen LogP contribution < -0.4 is 25.2 Å². The van der Waals surface area contributed by atoms with E-state index in [0.717, 1.165) is 53.6 Å². The van der Waals surface area contributed by atoms with Crippen LogP contribution in [0.1, 0.15) is 46.1 Å². The van der Waals surface area contributed by atoms with Gasteiger partial charge in [0.1, 0.15) is 49.8 Å². The number of fused-ring (bicyclic) bond motifs is 2. The number of nitrogens with zero attached hydrogens (tertiary/aromatic N) is 5. The highest BCUT2D eigenvalue weighted by atomic mass is 31.2. The molecule has 11 rings (SSSR count). The van der Waals surface area contributed by atoms with Gasteiger partial charge in [-0.1, -0.05) is 150 Å². The first-order valence-corrected chi connectivity index (χ1v) is 28.9. The number of anilines is 1. The fourth-order valence-electron chi connectivity index (χ4n) is 11.0. The van der Waals surface area contributed by atoms with Crippen LogP contribution in [0.5, 0.6) is 11.5 Å². The summed E-state index contributed by atoms with van der Waals surface area (Å²) in [6, 6.07) is 58.1. The Bertz CT molecular complexity index is 3060. The lowest BCUT2D eigenvalue weighted by molar-refractivity contribution is -0.0935. The average molecular weight is 1030 g/mol. The third kappa shape index (κ3) is 9.43. The van der Waals surface area contributed by atoms with Crippen LogP contribution in [0.4, 0.5) is 5.82 Å². The second kappa shape index (κ2) is 21.7. The van der Waals surface area contributed by atoms with Crippen molar-refractivity contribution in [3.05, 3.63) is 205 Å². The minimum absolute atomic E-state index is 0.0526. The number of hydrogen-bond donors (Lipinski definition) is 1. The normalized spacial score (nSPS) is 21.9. The monoisotopic (exact) mass is 1030 g/mol. The Kier molecular flexibility index (Phi) is 14.5. The molecule has 2 aromatic heterocycles. The Morgan fingerprint density at radius 1 is 0.716 bits per heavy atom. The van der Waals surface area contributed by atoms with Gasteiger partial charge in [0.15, 0.2) is 23.2 Å². The molecule has 74 heavy (non-hydrogen) atoms. The van der Waals surface area contributed by atoms with Gasteiger partial charge in [0, 0.05) is 25.3 Å². The molecule has 3 aliphatic heterocycles. The summed E-state index contributed by atoms with van der Waals surface area (Å²) in [5.41, 5.74) is 2.83. The molecular formula is C58H59N6O8PSi. The fraction of sp³-hybridized carbons (Fsp3) is 0.276. The van der Waals surface area contributed by atoms with E-state index in [1.54, 1.807) is 39.8 Å². The Morgan fingerprint density at radius 2 is 1.30 bits per heavy atom. The minimum atomic E-state index is -2.32. The molecule has 5 heterocycles. The Balaban J connectivity index is 0.974. The molecule has 0 bridgehead atoms. The van der Waals surface area contributed by atoms with Gasteiger partial charge in [0.25, 0.3) is 14.4 Å². The number of benzene rings is 6. The van der Waals surface area contributed by atoms with Gasteiger partial charge in [-0.25, -0.2) is 19.6 Å². The first kappa shape index (κ1) is 49.6. The summed E-state index contributed by atoms with van der Waals surface area (Å²) < 4.78 is 51.7. The SMILES string of the molecule is COc1ccc(C(OC[C@H]2O[C@@H](n3cnc4c(NC(=O)c5ccccc5)ncnc43)[C@H](OC)[C@@H]2O[P@@]2O[C@@H](C[Si](C)(c3ccccc3)c3ccccc3)[C@H]3CCCN32)(c2ccccc2)c2ccc(OC)cc2)cc1. The van der Waals surface area contributed by atoms with Crippen molar-refractivity contribution >= 4 is 49.9 Å². The van der Waals surface area contributed by atoms with Gasteiger partial charge in [0.05, 0.1) is 33.3 Å². The molecule has 0 aliphatic carbocycles. The fourth-order valence-corrected chi connectivity index (χ4v) is 17.0. The highest BCUT2D eigenvalue weighted by Crippen LogP contribution is 2.59. The zero-order valence-corrected chi connectivity index (χ0v) is 43.7. The van der Waals surface area contributed by atoms with Crippen LogP contribution in [-0.4, -0.2) is 103 Å². The smallest absolute Gasteiger partial charge is 0.259 e. The largest absolute Gasteiger partial charge is 0.497 e. The van der Waals surface area contributed by atoms with Gasteiger partial charge in [0.2, 0.25) is 0 Å². The van der Waals surface area contributed by atoms with Crippen molar-refractivity contribution < 1.29 is 37.5 Å². The van der Waals surface area contributed by atoms with Crippen LogP contribution in [0.15, 0.2) is 183 Å². The standard InChI is InChI=1S/C58H59N6O8PSi/c1-66-44-31-27-42(28-32-44)58(41-20-11-6-12-21-41,43-29-33-45(67-2)34-30-43)69-36-49-52(53(68-3)57(70-49)63-39-61-51-54(59-38-60-55(51)63)62-56(65)40-18-9-5-10-19-40)72-73-64-35-17-26-48(64)50(71-73)37-74(4,46-22-13-7-14-23-46)47-24-15-8-16-25-47/h5-16,18-25,27-34,38-39,48-50,52-53,57H,17,26,35-37H2,1-4H3,(H,59,60,62,65)/t48-,49-,50+,52-,53-,57-,73-/m1/s1. The lowest BCUT2D eigenvalue weighted by atomic mass is 9.80. The van der Waals surface area contributed by atoms with E-state index >= 15 is 0 Å². The molecule has 0 spiro atoms. The van der Waals surface area contributed by atoms with E-state index in [4.69, 9.17) is 42.7 Å². The second-order valence-electron chi connectivity index (χ2n) is 19.0. The molecule has 3 fully saturated rings. The van der Waals surface area contributed by atoms with Crippen molar-refractivity contribution in [1.29, 1.82) is 0 Å². The van der Waals surface area contributed by atoms with E-state index in [-0.39, 0.29) is 30.5 Å². The number of ether oxygens (including phenoxy) is 5. The molecule has 0 unspecified atom stereocenters. The number of hydrogen-bond acceptors (Lipinski definition) is 12. The van der Waals surface area contributed by atoms with E-state index in [1.165, 1.54) is 16.7 Å². The summed E-state index contributed by atoms with van der Waals surface area (Å²) in [5, 5.41) is 5.68. The molecule has 378 valence electrons. The number of aromatic nitrogens is 4. The topological polar surface area (TPSA) is 141 Å². The van der Waals surface area contributed by atoms with Crippen molar-refractivity contribution in [2.24, 2.45) is 0 Å². The van der Waals surface area contributed by atoms with Crippen LogP contribution in [0, 0.1) is 0 Å². The maximum absolute atomic E-state index is 13.4. The number of amides is 1. The molecule has 0 radical (unpaired) electrons. The molecule has 1 N–H and O–H groups in total. The predicted molar refractivity (Wildman–Crippen MR) is 288 cm³/mol. The summed E-state index contributed by atoms with van der Waals surface area (Å²) in [5.74, 6) is 1.39. The average Bonchev–Trinajstić information content (AvgIpc) is 4.28. The first-order chi connectivity index (χ1) is 36.3. The molecule has 3 saturated heterocycles. The number of carbonyl (C=O) groups is 1. The number of nitrogens with one attached hydrogen (secondary N) is 1. The summed E-state index contributed by atoms with van der Waals surface area (Å²) in [6.07, 6.45) is 2.11. The summed E-state index contributed by atoms with van der Waals surface area (Å²) in [7, 11) is 1.07. The molecule has 0 saturated carbocycles. The molecule has 6 aromatic carbocycles. The Morgan fingerprint density at radius 3 is 1.89 bits per heavy atom. The zero-order chi connectivity index (χ0) is 50.7. The van der Waals surface area contributed by atoms with Crippen molar-refractivity contribution in [2.75, 3.05) is 39.8 Å². The van der Waals surface area contributed by atoms with Crippen LogP contribution in [0.3, 0.4) is 0 Å². The van der Waals surface area contributed by atoms with Crippen LogP contribution in [0.2, 0.25) is 12.6 Å². The Labute approximate surface area is 433 Å². The molecule has 3 aliphatic rings. The lowest BCUT2D eigenvalue weighted by Gasteiger charge is -2.37. The summed E-state index contributed by atoms with van der Waals surface area (Å²) >= 11 is 0. The third-order valence-electron chi connectivity index (χ3n) is 14.9. The molecule has 14 nitrogen and oxygen atoms in total. The van der Waals surface area contributed by atoms with E-state index < -0.39 is 46.7 Å². The van der Waals surface area contributed by atoms with Crippen molar-refractivity contribution in [3.8, 4) is 11.5 Å². The lowest BCUT2D eigenvalue weighted by Crippen LogP contribution is -2.58. The second-order valence-corrected chi connectivity index (χ2v) is 24.7. The highest BCUT2D eigenvalue weighted by Gasteiger charge is 2.55. The maximum atomic E-state index is 13.4. The quantitative estimate of drug-likeness (QED) is 0.0498. The van der Waals surface area contributed by atoms with E-state index in [0.29, 0.717) is 16.7 Å². The molecular weight excluding hydrogens is 968 g/mol. The first-order valence-electron chi connectivity index (χ1n) is 25.0. The van der Waals surface area contributed by atoms with Crippen molar-refractivity contribution in [2.45, 2.75) is 67.7 Å². The number of imidazole rings is 1. The van der Waals surface area contributed by atoms with Crippen LogP contribution in [0.25, 0.3) is 11.2 Å². The summed E-state index contributed by atoms with van der Waals surface area (Å²) in [4.78, 5) is 27.3. The number of carbonyl (C=O) groups excluding carboxylic acids is 1. The predicted octanol–water partition coefficient (Wildman–Crippen LogP) is 9.39. The van der Waals surface area contributed by atoms with Crippen molar-refractivity contribution in [3.63, 3.8) is 0 Å². The molecule has 1 amide bonds. The molecule has 8 aromatic rings. The van der Waals surface area contributed by atoms with Crippen molar-refractivity contribution in [1.82, 2.24) is 24.2 Å². The number of methoxy groups -OCH3 is 3. The molecule has 7 atom stereocenters. The van der Waals surface area contributed by atoms with Gasteiger partial charge in [-0.05, 0) is 72.0 Å². The van der Waals surface area contributed by atoms with Crippen LogP contribution >= 0.6 is 8.53 Å². The maximum Gasteiger partial charge on any atom is 0.259 e. The van der Waals surface area contributed by atoms with E-state index in [9.17, 15) is 4.79 Å². The Hall–Kier alpha value is -6.65. The van der Waals surface area contributed by atoms with Gasteiger partial charge in [-0.15, -0.1) is 0 Å². The zero-order valence-electron chi connectivity index (χ0n) is 41.8. The third-order valence-corrected chi connectivity index (χ3v) is 21.1. The van der Waals surface area contributed by atoms with Crippen LogP contribution in [-0.2, 0) is 28.9 Å². The molecule has 16 heteroatoms.